The molecule has 0 amide bonds. The van der Waals surface area contributed by atoms with Crippen molar-refractivity contribution in [3.63, 3.8) is 0 Å². The molecule has 0 aromatic heterocycles. The van der Waals surface area contributed by atoms with Crippen LogP contribution < -0.4 is 0 Å². The van der Waals surface area contributed by atoms with Crippen LogP contribution >= 0.6 is 0 Å². The average Bonchev–Trinajstić information content (AvgIpc) is 2.91. The monoisotopic (exact) mass is 506 g/mol. The molecular weight excluding hydrogens is 444 g/mol. The van der Waals surface area contributed by atoms with Crippen molar-refractivity contribution >= 4 is 12.2 Å². The van der Waals surface area contributed by atoms with Crippen LogP contribution in [0, 0.1) is 10.8 Å². The summed E-state index contributed by atoms with van der Waals surface area (Å²) >= 11 is 0. The van der Waals surface area contributed by atoms with E-state index in [9.17, 15) is 0 Å². The second kappa shape index (κ2) is 38.3. The molecule has 0 aromatic carbocycles. The smallest absolute Gasteiger partial charge is 0.222 e. The van der Waals surface area contributed by atoms with Gasteiger partial charge in [0, 0.05) is 0 Å². The van der Waals surface area contributed by atoms with E-state index in [4.69, 9.17) is 20.4 Å². The molecule has 0 aliphatic heterocycles. The molecule has 3 rings (SSSR count). The molecule has 0 heterocycles. The molecule has 0 saturated heterocycles. The van der Waals surface area contributed by atoms with E-state index in [1.54, 1.807) is 0 Å². The number of carbonyl (C=O) groups excluding carboxylic acids is 2. The van der Waals surface area contributed by atoms with Crippen LogP contribution in [0.4, 0.5) is 0 Å². The Kier molecular flexibility index (Phi) is 39.3. The van der Waals surface area contributed by atoms with Crippen LogP contribution in [0.1, 0.15) is 193 Å². The Morgan fingerprint density at radius 1 is 0.222 bits per heavy atom. The van der Waals surface area contributed by atoms with Gasteiger partial charge in [0.15, 0.2) is 0 Å². The van der Waals surface area contributed by atoms with E-state index in [-0.39, 0.29) is 0 Å². The van der Waals surface area contributed by atoms with Crippen LogP contribution in [-0.4, -0.2) is 12.2 Å². The number of hydrogen-bond acceptors (Lipinski definition) is 4. The molecule has 0 spiro atoms. The maximum Gasteiger partial charge on any atom is 0.231 e. The number of rotatable bonds is 0. The van der Waals surface area contributed by atoms with Crippen molar-refractivity contribution in [2.24, 2.45) is 0 Å². The Bertz CT molecular complexity index is 296. The molecule has 0 bridgehead atoms. The molecule has 2 N–H and O–H groups in total. The van der Waals surface area contributed by atoms with E-state index in [0.717, 1.165) is 12.2 Å². The van der Waals surface area contributed by atoms with Gasteiger partial charge in [-0.2, -0.15) is 0 Å². The molecule has 4 nitrogen and oxygen atoms in total. The van der Waals surface area contributed by atoms with E-state index in [1.807, 2.05) is 0 Å². The van der Waals surface area contributed by atoms with Crippen molar-refractivity contribution in [3.05, 3.63) is 0 Å². The van der Waals surface area contributed by atoms with Crippen LogP contribution in [0.15, 0.2) is 0 Å². The Labute approximate surface area is 225 Å². The first kappa shape index (κ1) is 36.9. The van der Waals surface area contributed by atoms with Gasteiger partial charge in [-0.15, -0.1) is 0 Å². The number of nitrogens with one attached hydrogen (secondary N) is 2. The summed E-state index contributed by atoms with van der Waals surface area (Å²) in [4.78, 5) is 16.7. The highest BCUT2D eigenvalue weighted by atomic mass is 16.1. The summed E-state index contributed by atoms with van der Waals surface area (Å²) < 4.78 is 0. The van der Waals surface area contributed by atoms with Gasteiger partial charge in [-0.1, -0.05) is 193 Å². The third-order valence-electron chi connectivity index (χ3n) is 7.50. The van der Waals surface area contributed by atoms with E-state index >= 15 is 0 Å². The maximum atomic E-state index is 8.35. The van der Waals surface area contributed by atoms with Crippen LogP contribution in [-0.2, 0) is 9.59 Å². The molecule has 3 aliphatic rings. The molecule has 3 aliphatic carbocycles. The van der Waals surface area contributed by atoms with E-state index in [0.29, 0.717) is 0 Å². The molecule has 36 heavy (non-hydrogen) atoms. The lowest BCUT2D eigenvalue weighted by molar-refractivity contribution is 0.504. The molecule has 0 unspecified atom stereocenters. The largest absolute Gasteiger partial charge is 0.231 e. The fourth-order valence-corrected chi connectivity index (χ4v) is 5.30. The van der Waals surface area contributed by atoms with Gasteiger partial charge in [-0.05, 0) is 0 Å². The van der Waals surface area contributed by atoms with Gasteiger partial charge < -0.3 is 0 Å². The minimum absolute atomic E-state index is 0.750. The van der Waals surface area contributed by atoms with Gasteiger partial charge in [0.1, 0.15) is 0 Å². The van der Waals surface area contributed by atoms with Crippen molar-refractivity contribution in [2.75, 3.05) is 0 Å². The lowest BCUT2D eigenvalue weighted by Crippen LogP contribution is -1.85. The summed E-state index contributed by atoms with van der Waals surface area (Å²) in [6.45, 7) is 0. The van der Waals surface area contributed by atoms with E-state index < -0.39 is 0 Å². The highest BCUT2D eigenvalue weighted by molar-refractivity contribution is 5.26. The van der Waals surface area contributed by atoms with Gasteiger partial charge in [0.25, 0.3) is 0 Å². The van der Waals surface area contributed by atoms with Gasteiger partial charge in [0.05, 0.1) is 0 Å². The predicted molar refractivity (Wildman–Crippen MR) is 155 cm³/mol. The predicted octanol–water partition coefficient (Wildman–Crippen LogP) is 11.5. The lowest BCUT2D eigenvalue weighted by atomic mass is 10.0. The molecule has 0 atom stereocenters. The van der Waals surface area contributed by atoms with Crippen molar-refractivity contribution in [2.45, 2.75) is 193 Å². The minimum Gasteiger partial charge on any atom is -0.222 e. The fourth-order valence-electron chi connectivity index (χ4n) is 5.30. The zero-order valence-electron chi connectivity index (χ0n) is 24.0. The lowest BCUT2D eigenvalue weighted by Gasteiger charge is -2.05. The Hall–Kier alpha value is -1.24. The minimum atomic E-state index is 0.750. The van der Waals surface area contributed by atoms with Gasteiger partial charge in [0.2, 0.25) is 12.2 Å². The standard InChI is InChI=1S/3C10H20.2CHNO/c3*1-2-4-6-8-10-9-7-5-3-1;2*2-1-3/h3*1-10H2;2*2H. The second-order valence-corrected chi connectivity index (χ2v) is 10.8. The SMILES string of the molecule is C1CCCCCCCCC1.C1CCCCCCCCC1.C1CCCCCCCCC1.N=C=O.N=C=O. The molecule has 0 radical (unpaired) electrons. The topological polar surface area (TPSA) is 81.8 Å². The normalized spacial score (nSPS) is 20.4. The maximum absolute atomic E-state index is 8.35. The first-order chi connectivity index (χ1) is 17.8. The zero-order chi connectivity index (χ0) is 26.6. The summed E-state index contributed by atoms with van der Waals surface area (Å²) in [5, 5.41) is 10.8. The van der Waals surface area contributed by atoms with Crippen molar-refractivity contribution in [3.8, 4) is 0 Å². The summed E-state index contributed by atoms with van der Waals surface area (Å²) in [5.74, 6) is 0. The average molecular weight is 507 g/mol. The zero-order valence-corrected chi connectivity index (χ0v) is 24.0. The Balaban J connectivity index is 0. The van der Waals surface area contributed by atoms with E-state index in [2.05, 4.69) is 0 Å². The van der Waals surface area contributed by atoms with Crippen LogP contribution in [0.2, 0.25) is 0 Å². The molecule has 212 valence electrons. The fraction of sp³-hybridized carbons (Fsp3) is 0.938. The van der Waals surface area contributed by atoms with Gasteiger partial charge in [-0.3, -0.25) is 0 Å². The third kappa shape index (κ3) is 40.0. The summed E-state index contributed by atoms with van der Waals surface area (Å²) in [6.07, 6.45) is 46.5. The molecule has 3 fully saturated rings. The summed E-state index contributed by atoms with van der Waals surface area (Å²) in [6, 6.07) is 0. The highest BCUT2D eigenvalue weighted by Crippen LogP contribution is 2.17. The highest BCUT2D eigenvalue weighted by Gasteiger charge is 1.97. The van der Waals surface area contributed by atoms with Crippen molar-refractivity contribution in [1.29, 1.82) is 10.8 Å². The Morgan fingerprint density at radius 2 is 0.250 bits per heavy atom. The van der Waals surface area contributed by atoms with Crippen LogP contribution in [0.3, 0.4) is 0 Å². The van der Waals surface area contributed by atoms with Crippen molar-refractivity contribution < 1.29 is 9.59 Å². The first-order valence-corrected chi connectivity index (χ1v) is 15.9. The second-order valence-electron chi connectivity index (χ2n) is 10.8. The first-order valence-electron chi connectivity index (χ1n) is 15.9. The third-order valence-corrected chi connectivity index (χ3v) is 7.50. The van der Waals surface area contributed by atoms with Gasteiger partial charge >= 0.3 is 0 Å². The van der Waals surface area contributed by atoms with Crippen molar-refractivity contribution in [1.82, 2.24) is 0 Å². The quantitative estimate of drug-likeness (QED) is 0.253. The Morgan fingerprint density at radius 3 is 0.278 bits per heavy atom. The van der Waals surface area contributed by atoms with Crippen LogP contribution in [0.5, 0.6) is 0 Å². The number of isocyanates is 2. The van der Waals surface area contributed by atoms with Gasteiger partial charge in [-0.25, -0.2) is 20.4 Å². The molecule has 0 aromatic rings. The summed E-state index contributed by atoms with van der Waals surface area (Å²) in [5.41, 5.74) is 0. The molecule has 4 heteroatoms. The number of hydrogen-bond donors (Lipinski definition) is 2. The summed E-state index contributed by atoms with van der Waals surface area (Å²) in [7, 11) is 0. The molecule has 3 saturated carbocycles. The van der Waals surface area contributed by atoms with E-state index in [1.165, 1.54) is 193 Å². The van der Waals surface area contributed by atoms with Crippen LogP contribution in [0.25, 0.3) is 0 Å². The molecular formula is C32H62N2O2.